The Kier molecular flexibility index (Phi) is 6.32. The summed E-state index contributed by atoms with van der Waals surface area (Å²) >= 11 is 0. The van der Waals surface area contributed by atoms with Gasteiger partial charge in [0.25, 0.3) is 0 Å². The number of ether oxygens (including phenoxy) is 2. The lowest BCUT2D eigenvalue weighted by atomic mass is 10.2. The van der Waals surface area contributed by atoms with Crippen molar-refractivity contribution in [3.63, 3.8) is 0 Å². The van der Waals surface area contributed by atoms with Gasteiger partial charge in [-0.05, 0) is 38.5 Å². The highest BCUT2D eigenvalue weighted by atomic mass is 32.2. The first-order chi connectivity index (χ1) is 13.1. The van der Waals surface area contributed by atoms with Gasteiger partial charge in [-0.15, -0.1) is 0 Å². The van der Waals surface area contributed by atoms with E-state index in [1.54, 1.807) is 26.0 Å². The molecule has 3 rings (SSSR count). The van der Waals surface area contributed by atoms with Gasteiger partial charge in [0.05, 0.1) is 36.5 Å². The summed E-state index contributed by atoms with van der Waals surface area (Å²) in [4.78, 5) is 0.0954. The zero-order chi connectivity index (χ0) is 20.5. The molecule has 2 atom stereocenters. The molecule has 0 unspecified atom stereocenters. The summed E-state index contributed by atoms with van der Waals surface area (Å²) in [5, 5.41) is 0. The van der Waals surface area contributed by atoms with Gasteiger partial charge >= 0.3 is 10.2 Å². The summed E-state index contributed by atoms with van der Waals surface area (Å²) in [7, 11) is -7.57. The number of nitrogens with zero attached hydrogens (tertiary/aromatic N) is 2. The molecule has 2 saturated heterocycles. The van der Waals surface area contributed by atoms with Crippen molar-refractivity contribution in [2.45, 2.75) is 37.8 Å². The first-order valence-corrected chi connectivity index (χ1v) is 12.1. The zero-order valence-electron chi connectivity index (χ0n) is 16.3. The molecule has 2 aliphatic heterocycles. The molecule has 1 N–H and O–H groups in total. The van der Waals surface area contributed by atoms with Crippen molar-refractivity contribution in [2.24, 2.45) is 0 Å². The van der Waals surface area contributed by atoms with E-state index in [1.807, 2.05) is 6.92 Å². The minimum atomic E-state index is -3.84. The van der Waals surface area contributed by atoms with Crippen LogP contribution in [0.2, 0.25) is 0 Å². The molecule has 0 saturated carbocycles. The van der Waals surface area contributed by atoms with E-state index < -0.39 is 20.2 Å². The molecule has 0 aliphatic carbocycles. The fourth-order valence-electron chi connectivity index (χ4n) is 3.28. The van der Waals surface area contributed by atoms with Crippen molar-refractivity contribution < 1.29 is 26.3 Å². The quantitative estimate of drug-likeness (QED) is 0.736. The van der Waals surface area contributed by atoms with Gasteiger partial charge in [-0.3, -0.25) is 4.72 Å². The standard InChI is InChI=1S/C17H27N3O6S2/c1-13-4-5-16(10-17(13)27(21,22)19-6-8-25-9-7-19)18-28(23,24)20-11-15(3)26-12-14(20)2/h4-5,10,14-15,18H,6-9,11-12H2,1-3H3/t14-,15+/m1/s1. The number of hydrogen-bond acceptors (Lipinski definition) is 6. The average molecular weight is 434 g/mol. The molecule has 28 heavy (non-hydrogen) atoms. The van der Waals surface area contributed by atoms with Crippen LogP contribution in [0.4, 0.5) is 5.69 Å². The Morgan fingerprint density at radius 2 is 1.79 bits per heavy atom. The van der Waals surface area contributed by atoms with Crippen molar-refractivity contribution in [3.05, 3.63) is 23.8 Å². The van der Waals surface area contributed by atoms with E-state index in [0.717, 1.165) is 0 Å². The third kappa shape index (κ3) is 4.50. The van der Waals surface area contributed by atoms with Crippen LogP contribution in [0.3, 0.4) is 0 Å². The molecule has 2 fully saturated rings. The molecule has 1 aromatic rings. The van der Waals surface area contributed by atoms with Crippen LogP contribution in [0, 0.1) is 6.92 Å². The van der Waals surface area contributed by atoms with Crippen LogP contribution in [-0.2, 0) is 29.7 Å². The zero-order valence-corrected chi connectivity index (χ0v) is 17.9. The molecule has 0 bridgehead atoms. The molecule has 158 valence electrons. The Hall–Kier alpha value is -1.24. The normalized spacial score (nSPS) is 25.5. The minimum Gasteiger partial charge on any atom is -0.379 e. The Morgan fingerprint density at radius 1 is 1.11 bits per heavy atom. The van der Waals surface area contributed by atoms with E-state index >= 15 is 0 Å². The monoisotopic (exact) mass is 433 g/mol. The summed E-state index contributed by atoms with van der Waals surface area (Å²) in [6.45, 7) is 7.07. The Balaban J connectivity index is 1.87. The van der Waals surface area contributed by atoms with E-state index in [2.05, 4.69) is 4.72 Å². The van der Waals surface area contributed by atoms with E-state index in [1.165, 1.54) is 14.7 Å². The SMILES string of the molecule is Cc1ccc(NS(=O)(=O)N2C[C@H](C)OC[C@H]2C)cc1S(=O)(=O)N1CCOCC1. The second kappa shape index (κ2) is 8.25. The van der Waals surface area contributed by atoms with Crippen LogP contribution in [0.5, 0.6) is 0 Å². The number of aryl methyl sites for hydroxylation is 1. The predicted molar refractivity (Wildman–Crippen MR) is 105 cm³/mol. The number of rotatable bonds is 5. The first kappa shape index (κ1) is 21.5. The maximum absolute atomic E-state index is 13.0. The third-order valence-corrected chi connectivity index (χ3v) is 8.54. The fraction of sp³-hybridized carbons (Fsp3) is 0.647. The van der Waals surface area contributed by atoms with Gasteiger partial charge in [-0.25, -0.2) is 8.42 Å². The lowest BCUT2D eigenvalue weighted by Crippen LogP contribution is -2.51. The van der Waals surface area contributed by atoms with Gasteiger partial charge in [-0.1, -0.05) is 6.07 Å². The molecule has 1 aromatic carbocycles. The highest BCUT2D eigenvalue weighted by Crippen LogP contribution is 2.26. The Morgan fingerprint density at radius 3 is 2.46 bits per heavy atom. The largest absolute Gasteiger partial charge is 0.379 e. The van der Waals surface area contributed by atoms with Crippen LogP contribution in [0.25, 0.3) is 0 Å². The molecule has 0 spiro atoms. The van der Waals surface area contributed by atoms with E-state index in [9.17, 15) is 16.8 Å². The molecule has 9 nitrogen and oxygen atoms in total. The molecule has 0 radical (unpaired) electrons. The topological polar surface area (TPSA) is 105 Å². The second-order valence-electron chi connectivity index (χ2n) is 7.17. The van der Waals surface area contributed by atoms with Gasteiger partial charge in [0.2, 0.25) is 10.0 Å². The van der Waals surface area contributed by atoms with Crippen molar-refractivity contribution in [2.75, 3.05) is 44.2 Å². The van der Waals surface area contributed by atoms with Gasteiger partial charge in [-0.2, -0.15) is 17.0 Å². The van der Waals surface area contributed by atoms with Crippen molar-refractivity contribution in [3.8, 4) is 0 Å². The van der Waals surface area contributed by atoms with E-state index in [-0.39, 0.29) is 42.4 Å². The molecular formula is C17H27N3O6S2. The fourth-order valence-corrected chi connectivity index (χ4v) is 6.42. The summed E-state index contributed by atoms with van der Waals surface area (Å²) in [5.74, 6) is 0. The van der Waals surface area contributed by atoms with Crippen molar-refractivity contribution in [1.82, 2.24) is 8.61 Å². The lowest BCUT2D eigenvalue weighted by Gasteiger charge is -2.35. The Labute approximate surface area is 166 Å². The Bertz CT molecular complexity index is 913. The highest BCUT2D eigenvalue weighted by molar-refractivity contribution is 7.90. The number of morpholine rings is 2. The lowest BCUT2D eigenvalue weighted by molar-refractivity contribution is -0.0168. The minimum absolute atomic E-state index is 0.0954. The number of benzene rings is 1. The van der Waals surface area contributed by atoms with Gasteiger partial charge in [0.15, 0.2) is 0 Å². The van der Waals surface area contributed by atoms with Crippen LogP contribution < -0.4 is 4.72 Å². The van der Waals surface area contributed by atoms with Gasteiger partial charge in [0.1, 0.15) is 0 Å². The third-order valence-electron chi connectivity index (χ3n) is 4.88. The average Bonchev–Trinajstić information content (AvgIpc) is 2.65. The summed E-state index contributed by atoms with van der Waals surface area (Å²) < 4.78 is 67.6. The number of sulfonamides is 1. The highest BCUT2D eigenvalue weighted by Gasteiger charge is 2.34. The van der Waals surface area contributed by atoms with Gasteiger partial charge < -0.3 is 9.47 Å². The molecule has 2 aliphatic rings. The van der Waals surface area contributed by atoms with Crippen LogP contribution >= 0.6 is 0 Å². The maximum Gasteiger partial charge on any atom is 0.302 e. The number of hydrogen-bond donors (Lipinski definition) is 1. The summed E-state index contributed by atoms with van der Waals surface area (Å²) in [5.41, 5.74) is 0.770. The van der Waals surface area contributed by atoms with Gasteiger partial charge in [0, 0.05) is 25.7 Å². The second-order valence-corrected chi connectivity index (χ2v) is 10.7. The molecule has 0 aromatic heterocycles. The maximum atomic E-state index is 13.0. The van der Waals surface area contributed by atoms with Crippen molar-refractivity contribution >= 4 is 25.9 Å². The molecular weight excluding hydrogens is 406 g/mol. The van der Waals surface area contributed by atoms with Crippen LogP contribution in [0.15, 0.2) is 23.1 Å². The first-order valence-electron chi connectivity index (χ1n) is 9.21. The van der Waals surface area contributed by atoms with E-state index in [0.29, 0.717) is 25.4 Å². The van der Waals surface area contributed by atoms with Crippen LogP contribution in [-0.4, -0.2) is 77.0 Å². The summed E-state index contributed by atoms with van der Waals surface area (Å²) in [6.07, 6.45) is -0.206. The molecule has 2 heterocycles. The predicted octanol–water partition coefficient (Wildman–Crippen LogP) is 0.782. The smallest absolute Gasteiger partial charge is 0.302 e. The number of nitrogens with one attached hydrogen (secondary N) is 1. The van der Waals surface area contributed by atoms with Crippen molar-refractivity contribution in [1.29, 1.82) is 0 Å². The number of anilines is 1. The molecule has 0 amide bonds. The summed E-state index contributed by atoms with van der Waals surface area (Å²) in [6, 6.07) is 4.25. The molecule has 11 heteroatoms. The van der Waals surface area contributed by atoms with Crippen LogP contribution in [0.1, 0.15) is 19.4 Å². The van der Waals surface area contributed by atoms with E-state index in [4.69, 9.17) is 9.47 Å².